The Morgan fingerprint density at radius 3 is 2.46 bits per heavy atom. The third-order valence-electron chi connectivity index (χ3n) is 5.76. The molecule has 0 bridgehead atoms. The van der Waals surface area contributed by atoms with E-state index in [-0.39, 0.29) is 5.69 Å². The molecule has 1 amide bonds. The number of carbonyl (C=O) groups excluding carboxylic acids is 2. The first-order valence-corrected chi connectivity index (χ1v) is 11.3. The zero-order valence-electron chi connectivity index (χ0n) is 18.6. The number of aromatic nitrogens is 2. The van der Waals surface area contributed by atoms with Crippen molar-refractivity contribution in [1.82, 2.24) is 9.78 Å². The molecule has 1 N–H and O–H groups in total. The maximum absolute atomic E-state index is 13.6. The average molecular weight is 483 g/mol. The number of nitrogens with zero attached hydrogens (tertiary/aromatic N) is 3. The number of amides is 1. The van der Waals surface area contributed by atoms with Crippen molar-refractivity contribution in [2.75, 3.05) is 5.32 Å². The molecule has 2 unspecified atom stereocenters. The van der Waals surface area contributed by atoms with E-state index in [1.165, 1.54) is 0 Å². The van der Waals surface area contributed by atoms with Crippen LogP contribution in [0, 0.1) is 17.2 Å². The molecule has 0 spiro atoms. The van der Waals surface area contributed by atoms with Gasteiger partial charge in [0.05, 0.1) is 17.5 Å². The third-order valence-corrected chi connectivity index (χ3v) is 5.99. The molecule has 0 fully saturated rings. The predicted octanol–water partition coefficient (Wildman–Crippen LogP) is 5.61. The summed E-state index contributed by atoms with van der Waals surface area (Å²) in [6.45, 7) is 1.80. The summed E-state index contributed by atoms with van der Waals surface area (Å²) in [6, 6.07) is 25.1. The molecule has 5 rings (SSSR count). The Balaban J connectivity index is 1.64. The maximum atomic E-state index is 13.6. The van der Waals surface area contributed by atoms with Crippen molar-refractivity contribution < 1.29 is 14.3 Å². The molecule has 0 saturated heterocycles. The van der Waals surface area contributed by atoms with Gasteiger partial charge in [-0.25, -0.2) is 4.68 Å². The highest BCUT2D eigenvalue weighted by atomic mass is 35.5. The van der Waals surface area contributed by atoms with Gasteiger partial charge in [0, 0.05) is 21.8 Å². The summed E-state index contributed by atoms with van der Waals surface area (Å²) in [5.41, 5.74) is 3.02. The molecule has 3 aromatic carbocycles. The number of para-hydroxylation sites is 2. The molecule has 7 nitrogen and oxygen atoms in total. The minimum Gasteiger partial charge on any atom is -0.485 e. The minimum atomic E-state index is -1.59. The lowest BCUT2D eigenvalue weighted by Crippen LogP contribution is -2.30. The number of nitrogens with one attached hydrogen (secondary N) is 1. The van der Waals surface area contributed by atoms with E-state index < -0.39 is 23.7 Å². The van der Waals surface area contributed by atoms with Crippen LogP contribution in [-0.2, 0) is 4.79 Å². The van der Waals surface area contributed by atoms with Crippen molar-refractivity contribution >= 4 is 29.0 Å². The van der Waals surface area contributed by atoms with E-state index in [1.54, 1.807) is 60.1 Å². The van der Waals surface area contributed by atoms with Crippen molar-refractivity contribution in [1.29, 1.82) is 5.26 Å². The summed E-state index contributed by atoms with van der Waals surface area (Å²) < 4.78 is 7.71. The first-order chi connectivity index (χ1) is 17.0. The van der Waals surface area contributed by atoms with Gasteiger partial charge in [0.1, 0.15) is 17.5 Å². The Labute approximate surface area is 206 Å². The van der Waals surface area contributed by atoms with Gasteiger partial charge in [-0.05, 0) is 49.4 Å². The van der Waals surface area contributed by atoms with Crippen LogP contribution in [0.5, 0.6) is 5.75 Å². The maximum Gasteiger partial charge on any atom is 0.249 e. The molecule has 1 aliphatic heterocycles. The second-order valence-electron chi connectivity index (χ2n) is 8.04. The normalized spacial score (nSPS) is 14.6. The number of hydrogen-bond acceptors (Lipinski definition) is 5. The number of ketones is 1. The SMILES string of the molecule is CC1Oc2ccc(Cl)cc2-c2c1c(C(=O)C(C#N)C(=O)Nc1ccccc1)nn2-c1ccccc1. The number of Topliss-reactive ketones (excluding diaryl/α,β-unsaturated/α-hetero) is 1. The molecule has 1 aliphatic rings. The molecule has 0 aliphatic carbocycles. The third kappa shape index (κ3) is 4.05. The summed E-state index contributed by atoms with van der Waals surface area (Å²) in [4.78, 5) is 26.5. The van der Waals surface area contributed by atoms with Gasteiger partial charge in [-0.3, -0.25) is 9.59 Å². The Morgan fingerprint density at radius 1 is 1.09 bits per heavy atom. The van der Waals surface area contributed by atoms with E-state index in [4.69, 9.17) is 16.3 Å². The summed E-state index contributed by atoms with van der Waals surface area (Å²) in [7, 11) is 0. The van der Waals surface area contributed by atoms with E-state index >= 15 is 0 Å². The van der Waals surface area contributed by atoms with Crippen LogP contribution in [-0.4, -0.2) is 21.5 Å². The predicted molar refractivity (Wildman–Crippen MR) is 132 cm³/mol. The lowest BCUT2D eigenvalue weighted by Gasteiger charge is -2.25. The Bertz CT molecular complexity index is 1480. The highest BCUT2D eigenvalue weighted by Crippen LogP contribution is 2.46. The second kappa shape index (κ2) is 9.09. The van der Waals surface area contributed by atoms with Gasteiger partial charge in [0.15, 0.2) is 5.92 Å². The van der Waals surface area contributed by atoms with Gasteiger partial charge in [-0.2, -0.15) is 10.4 Å². The van der Waals surface area contributed by atoms with E-state index in [2.05, 4.69) is 10.4 Å². The van der Waals surface area contributed by atoms with Crippen LogP contribution in [0.2, 0.25) is 5.02 Å². The first-order valence-electron chi connectivity index (χ1n) is 10.9. The van der Waals surface area contributed by atoms with Gasteiger partial charge >= 0.3 is 0 Å². The highest BCUT2D eigenvalue weighted by Gasteiger charge is 2.38. The number of benzene rings is 3. The molecule has 1 aromatic heterocycles. The number of fused-ring (bicyclic) bond motifs is 3. The van der Waals surface area contributed by atoms with Gasteiger partial charge in [-0.1, -0.05) is 48.0 Å². The number of carbonyl (C=O) groups is 2. The number of nitriles is 1. The number of hydrogen-bond donors (Lipinski definition) is 1. The number of rotatable bonds is 5. The lowest BCUT2D eigenvalue weighted by molar-refractivity contribution is -0.117. The second-order valence-corrected chi connectivity index (χ2v) is 8.48. The zero-order valence-corrected chi connectivity index (χ0v) is 19.4. The summed E-state index contributed by atoms with van der Waals surface area (Å²) in [5, 5.41) is 17.5. The van der Waals surface area contributed by atoms with Crippen molar-refractivity contribution in [2.24, 2.45) is 5.92 Å². The molecule has 172 valence electrons. The summed E-state index contributed by atoms with van der Waals surface area (Å²) in [6.07, 6.45) is -0.549. The molecular formula is C27H19ClN4O3. The zero-order chi connectivity index (χ0) is 24.5. The Kier molecular flexibility index (Phi) is 5.81. The van der Waals surface area contributed by atoms with Gasteiger partial charge in [0.2, 0.25) is 11.7 Å². The van der Waals surface area contributed by atoms with E-state index in [9.17, 15) is 14.9 Å². The van der Waals surface area contributed by atoms with Crippen LogP contribution in [0.4, 0.5) is 5.69 Å². The van der Waals surface area contributed by atoms with Crippen LogP contribution in [0.1, 0.15) is 29.1 Å². The topological polar surface area (TPSA) is 97.0 Å². The van der Waals surface area contributed by atoms with Crippen molar-refractivity contribution in [3.05, 3.63) is 95.1 Å². The van der Waals surface area contributed by atoms with Crippen molar-refractivity contribution in [3.8, 4) is 28.8 Å². The Morgan fingerprint density at radius 2 is 1.77 bits per heavy atom. The molecule has 35 heavy (non-hydrogen) atoms. The number of halogens is 1. The van der Waals surface area contributed by atoms with E-state index in [0.29, 0.717) is 39.0 Å². The highest BCUT2D eigenvalue weighted by molar-refractivity contribution is 6.31. The molecule has 4 aromatic rings. The monoisotopic (exact) mass is 482 g/mol. The van der Waals surface area contributed by atoms with Crippen LogP contribution in [0.15, 0.2) is 78.9 Å². The van der Waals surface area contributed by atoms with Crippen LogP contribution in [0.3, 0.4) is 0 Å². The molecule has 2 atom stereocenters. The fourth-order valence-electron chi connectivity index (χ4n) is 4.16. The molecule has 2 heterocycles. The van der Waals surface area contributed by atoms with Crippen molar-refractivity contribution in [2.45, 2.75) is 13.0 Å². The van der Waals surface area contributed by atoms with Crippen LogP contribution >= 0.6 is 11.6 Å². The first kappa shape index (κ1) is 22.4. The number of ether oxygens (including phenoxy) is 1. The summed E-state index contributed by atoms with van der Waals surface area (Å²) >= 11 is 6.29. The van der Waals surface area contributed by atoms with Crippen molar-refractivity contribution in [3.63, 3.8) is 0 Å². The average Bonchev–Trinajstić information content (AvgIpc) is 3.28. The van der Waals surface area contributed by atoms with Gasteiger partial charge in [0.25, 0.3) is 0 Å². The fraction of sp³-hybridized carbons (Fsp3) is 0.111. The van der Waals surface area contributed by atoms with Crippen LogP contribution in [0.25, 0.3) is 16.9 Å². The lowest BCUT2D eigenvalue weighted by atomic mass is 9.92. The Hall–Kier alpha value is -4.41. The van der Waals surface area contributed by atoms with E-state index in [1.807, 2.05) is 36.4 Å². The quantitative estimate of drug-likeness (QED) is 0.294. The summed E-state index contributed by atoms with van der Waals surface area (Å²) in [5.74, 6) is -2.41. The minimum absolute atomic E-state index is 0.0109. The van der Waals surface area contributed by atoms with E-state index in [0.717, 1.165) is 0 Å². The van der Waals surface area contributed by atoms with Crippen LogP contribution < -0.4 is 10.1 Å². The standard InChI is InChI=1S/C27H19ClN4O3/c1-16-23-24(26(33)21(15-29)27(34)30-18-8-4-2-5-9-18)31-32(19-10-6-3-7-11-19)25(23)20-14-17(28)12-13-22(20)35-16/h2-14,16,21H,1H3,(H,30,34). The molecule has 0 radical (unpaired) electrons. The molecule has 8 heteroatoms. The fourth-order valence-corrected chi connectivity index (χ4v) is 4.33. The number of anilines is 1. The van der Waals surface area contributed by atoms with Gasteiger partial charge in [-0.15, -0.1) is 0 Å². The smallest absolute Gasteiger partial charge is 0.249 e. The van der Waals surface area contributed by atoms with Gasteiger partial charge < -0.3 is 10.1 Å². The molecular weight excluding hydrogens is 464 g/mol. The largest absolute Gasteiger partial charge is 0.485 e. The molecule has 0 saturated carbocycles.